The van der Waals surface area contributed by atoms with Crippen LogP contribution in [0.15, 0.2) is 29.3 Å². The molecule has 23 heavy (non-hydrogen) atoms. The minimum absolute atomic E-state index is 0.0493. The Labute approximate surface area is 132 Å². The average molecular weight is 316 g/mol. The molecule has 3 rings (SSSR count). The maximum atomic E-state index is 12.4. The summed E-state index contributed by atoms with van der Waals surface area (Å²) in [6, 6.07) is 6.07. The molecular weight excluding hydrogens is 300 g/mol. The Hall–Kier alpha value is -2.90. The Balaban J connectivity index is 1.92. The summed E-state index contributed by atoms with van der Waals surface area (Å²) in [5.74, 6) is -0.600. The number of rotatable bonds is 2. The number of nitrogens with zero attached hydrogens (tertiary/aromatic N) is 2. The topological polar surface area (TPSA) is 100 Å². The van der Waals surface area contributed by atoms with E-state index in [9.17, 15) is 14.4 Å². The summed E-state index contributed by atoms with van der Waals surface area (Å²) in [6.07, 6.45) is 0.0493. The molecule has 0 bridgehead atoms. The van der Waals surface area contributed by atoms with E-state index in [1.165, 1.54) is 7.11 Å². The van der Waals surface area contributed by atoms with Crippen molar-refractivity contribution in [3.05, 3.63) is 29.8 Å². The molecule has 0 spiro atoms. The SMILES string of the molecule is COc1ccccc1C(=O)N=C1NC(=O)C[C@@H]2C(=O)NCCN12. The summed E-state index contributed by atoms with van der Waals surface area (Å²) >= 11 is 0. The zero-order valence-corrected chi connectivity index (χ0v) is 12.5. The number of benzene rings is 1. The predicted molar refractivity (Wildman–Crippen MR) is 81.0 cm³/mol. The van der Waals surface area contributed by atoms with Gasteiger partial charge in [0.05, 0.1) is 19.1 Å². The molecule has 2 aliphatic rings. The minimum Gasteiger partial charge on any atom is -0.496 e. The molecule has 2 aliphatic heterocycles. The highest BCUT2D eigenvalue weighted by Gasteiger charge is 2.38. The highest BCUT2D eigenvalue weighted by atomic mass is 16.5. The van der Waals surface area contributed by atoms with E-state index < -0.39 is 11.9 Å². The lowest BCUT2D eigenvalue weighted by atomic mass is 10.1. The van der Waals surface area contributed by atoms with E-state index in [0.29, 0.717) is 24.4 Å². The van der Waals surface area contributed by atoms with Crippen LogP contribution < -0.4 is 15.4 Å². The van der Waals surface area contributed by atoms with Crippen molar-refractivity contribution in [1.29, 1.82) is 0 Å². The lowest BCUT2D eigenvalue weighted by Gasteiger charge is -2.39. The third kappa shape index (κ3) is 2.87. The zero-order valence-electron chi connectivity index (χ0n) is 12.5. The molecule has 2 N–H and O–H groups in total. The van der Waals surface area contributed by atoms with E-state index in [-0.39, 0.29) is 24.2 Å². The first kappa shape index (κ1) is 15.0. The first-order valence-electron chi connectivity index (χ1n) is 7.20. The van der Waals surface area contributed by atoms with Crippen LogP contribution in [0.25, 0.3) is 0 Å². The number of guanidine groups is 1. The van der Waals surface area contributed by atoms with Gasteiger partial charge < -0.3 is 15.0 Å². The number of para-hydroxylation sites is 1. The number of amides is 3. The van der Waals surface area contributed by atoms with Crippen molar-refractivity contribution in [2.75, 3.05) is 20.2 Å². The van der Waals surface area contributed by atoms with Gasteiger partial charge in [-0.1, -0.05) is 12.1 Å². The van der Waals surface area contributed by atoms with Crippen LogP contribution in [0.2, 0.25) is 0 Å². The number of hydrogen-bond acceptors (Lipinski definition) is 4. The molecule has 0 aromatic heterocycles. The number of hydrogen-bond donors (Lipinski definition) is 2. The van der Waals surface area contributed by atoms with Gasteiger partial charge in [0.1, 0.15) is 11.8 Å². The molecule has 1 atom stereocenters. The van der Waals surface area contributed by atoms with E-state index in [1.807, 2.05) is 0 Å². The largest absolute Gasteiger partial charge is 0.496 e. The molecule has 1 aromatic rings. The van der Waals surface area contributed by atoms with Gasteiger partial charge in [-0.25, -0.2) is 0 Å². The van der Waals surface area contributed by atoms with Crippen molar-refractivity contribution in [2.24, 2.45) is 4.99 Å². The lowest BCUT2D eigenvalue weighted by molar-refractivity contribution is -0.133. The van der Waals surface area contributed by atoms with Crippen LogP contribution in [0, 0.1) is 0 Å². The van der Waals surface area contributed by atoms with Gasteiger partial charge in [-0.2, -0.15) is 4.99 Å². The Morgan fingerprint density at radius 2 is 2.13 bits per heavy atom. The number of nitrogens with one attached hydrogen (secondary N) is 2. The number of aliphatic imine (C=N–C) groups is 1. The molecular formula is C15H16N4O4. The predicted octanol–water partition coefficient (Wildman–Crippen LogP) is -0.488. The Kier molecular flexibility index (Phi) is 3.96. The second kappa shape index (κ2) is 6.07. The standard InChI is InChI=1S/C15H16N4O4/c1-23-11-5-3-2-4-9(11)13(21)18-15-17-12(20)8-10-14(22)16-6-7-19(10)15/h2-5,10H,6-8H2,1H3,(H,16,22)(H,17,18,20,21)/t10-/m1/s1. The molecule has 8 nitrogen and oxygen atoms in total. The first-order valence-corrected chi connectivity index (χ1v) is 7.20. The summed E-state index contributed by atoms with van der Waals surface area (Å²) in [7, 11) is 1.46. The third-order valence-corrected chi connectivity index (χ3v) is 3.78. The maximum Gasteiger partial charge on any atom is 0.283 e. The van der Waals surface area contributed by atoms with E-state index in [0.717, 1.165) is 0 Å². The van der Waals surface area contributed by atoms with Crippen LogP contribution in [0.3, 0.4) is 0 Å². The van der Waals surface area contributed by atoms with E-state index in [2.05, 4.69) is 15.6 Å². The summed E-state index contributed by atoms with van der Waals surface area (Å²) in [6.45, 7) is 0.918. The quantitative estimate of drug-likeness (QED) is 0.767. The fourth-order valence-electron chi connectivity index (χ4n) is 2.66. The fraction of sp³-hybridized carbons (Fsp3) is 0.333. The second-order valence-electron chi connectivity index (χ2n) is 5.19. The highest BCUT2D eigenvalue weighted by Crippen LogP contribution is 2.19. The van der Waals surface area contributed by atoms with Gasteiger partial charge in [0, 0.05) is 13.1 Å². The number of carbonyl (C=O) groups excluding carboxylic acids is 3. The van der Waals surface area contributed by atoms with E-state index in [1.54, 1.807) is 29.2 Å². The molecule has 3 amide bonds. The molecule has 0 saturated carbocycles. The second-order valence-corrected chi connectivity index (χ2v) is 5.19. The number of methoxy groups -OCH3 is 1. The van der Waals surface area contributed by atoms with Crippen LogP contribution in [-0.4, -0.2) is 54.8 Å². The van der Waals surface area contributed by atoms with E-state index >= 15 is 0 Å². The minimum atomic E-state index is -0.623. The Bertz CT molecular complexity index is 700. The summed E-state index contributed by atoms with van der Waals surface area (Å²) in [5.41, 5.74) is 0.292. The van der Waals surface area contributed by atoms with Gasteiger partial charge in [0.2, 0.25) is 17.8 Å². The van der Waals surface area contributed by atoms with Crippen LogP contribution in [0.1, 0.15) is 16.8 Å². The normalized spacial score (nSPS) is 22.2. The molecule has 0 unspecified atom stereocenters. The van der Waals surface area contributed by atoms with Gasteiger partial charge in [-0.15, -0.1) is 0 Å². The summed E-state index contributed by atoms with van der Waals surface area (Å²) in [4.78, 5) is 41.7. The van der Waals surface area contributed by atoms with Crippen molar-refractivity contribution in [3.63, 3.8) is 0 Å². The average Bonchev–Trinajstić information content (AvgIpc) is 2.55. The summed E-state index contributed by atoms with van der Waals surface area (Å²) < 4.78 is 5.15. The lowest BCUT2D eigenvalue weighted by Crippen LogP contribution is -2.65. The van der Waals surface area contributed by atoms with Gasteiger partial charge in [0.25, 0.3) is 5.91 Å². The van der Waals surface area contributed by atoms with Crippen LogP contribution in [0.4, 0.5) is 0 Å². The van der Waals surface area contributed by atoms with Crippen molar-refractivity contribution in [3.8, 4) is 5.75 Å². The van der Waals surface area contributed by atoms with Crippen LogP contribution in [-0.2, 0) is 9.59 Å². The number of piperazine rings is 1. The van der Waals surface area contributed by atoms with Gasteiger partial charge in [0.15, 0.2) is 0 Å². The molecule has 2 saturated heterocycles. The summed E-state index contributed by atoms with van der Waals surface area (Å²) in [5, 5.41) is 5.27. The third-order valence-electron chi connectivity index (χ3n) is 3.78. The Morgan fingerprint density at radius 3 is 2.91 bits per heavy atom. The molecule has 2 fully saturated rings. The molecule has 0 aliphatic carbocycles. The number of ether oxygens (including phenoxy) is 1. The van der Waals surface area contributed by atoms with Gasteiger partial charge in [-0.05, 0) is 12.1 Å². The Morgan fingerprint density at radius 1 is 1.35 bits per heavy atom. The molecule has 1 aromatic carbocycles. The maximum absolute atomic E-state index is 12.4. The smallest absolute Gasteiger partial charge is 0.283 e. The molecule has 8 heteroatoms. The van der Waals surface area contributed by atoms with Gasteiger partial charge in [-0.3, -0.25) is 19.7 Å². The van der Waals surface area contributed by atoms with Crippen molar-refractivity contribution >= 4 is 23.7 Å². The molecule has 120 valence electrons. The van der Waals surface area contributed by atoms with Crippen LogP contribution >= 0.6 is 0 Å². The fourth-order valence-corrected chi connectivity index (χ4v) is 2.66. The monoisotopic (exact) mass is 316 g/mol. The molecule has 2 heterocycles. The number of carbonyl (C=O) groups is 3. The van der Waals surface area contributed by atoms with Gasteiger partial charge >= 0.3 is 0 Å². The first-order chi connectivity index (χ1) is 11.1. The molecule has 0 radical (unpaired) electrons. The van der Waals surface area contributed by atoms with Crippen molar-refractivity contribution in [2.45, 2.75) is 12.5 Å². The highest BCUT2D eigenvalue weighted by molar-refractivity contribution is 6.11. The van der Waals surface area contributed by atoms with Crippen molar-refractivity contribution < 1.29 is 19.1 Å². The van der Waals surface area contributed by atoms with E-state index in [4.69, 9.17) is 4.74 Å². The van der Waals surface area contributed by atoms with Crippen LogP contribution in [0.5, 0.6) is 5.75 Å². The zero-order chi connectivity index (χ0) is 16.4. The van der Waals surface area contributed by atoms with Crippen molar-refractivity contribution in [1.82, 2.24) is 15.5 Å². The number of fused-ring (bicyclic) bond motifs is 1.